The van der Waals surface area contributed by atoms with E-state index >= 15 is 0 Å². The van der Waals surface area contributed by atoms with E-state index < -0.39 is 4.92 Å². The van der Waals surface area contributed by atoms with E-state index in [2.05, 4.69) is 10.3 Å². The van der Waals surface area contributed by atoms with Gasteiger partial charge in [-0.05, 0) is 12.8 Å². The predicted molar refractivity (Wildman–Crippen MR) is 66.9 cm³/mol. The third-order valence-corrected chi connectivity index (χ3v) is 2.98. The Balaban J connectivity index is 2.69. The summed E-state index contributed by atoms with van der Waals surface area (Å²) in [7, 11) is 0. The lowest BCUT2D eigenvalue weighted by Crippen LogP contribution is -2.45. The van der Waals surface area contributed by atoms with E-state index in [-0.39, 0.29) is 11.2 Å². The third-order valence-electron chi connectivity index (χ3n) is 2.98. The van der Waals surface area contributed by atoms with Crippen molar-refractivity contribution in [3.63, 3.8) is 0 Å². The maximum absolute atomic E-state index is 10.6. The molecule has 0 bridgehead atoms. The molecule has 1 heterocycles. The van der Waals surface area contributed by atoms with Gasteiger partial charge in [-0.1, -0.05) is 13.8 Å². The second kappa shape index (κ2) is 5.58. The first-order valence-electron chi connectivity index (χ1n) is 5.64. The second-order valence-electron chi connectivity index (χ2n) is 4.08. The summed E-state index contributed by atoms with van der Waals surface area (Å²) in [5.41, 5.74) is 5.84. The van der Waals surface area contributed by atoms with Crippen LogP contribution in [-0.2, 0) is 0 Å². The van der Waals surface area contributed by atoms with Gasteiger partial charge in [-0.3, -0.25) is 10.1 Å². The average molecular weight is 238 g/mol. The normalized spacial score (nSPS) is 11.2. The summed E-state index contributed by atoms with van der Waals surface area (Å²) in [6, 6.07) is 2.77. The smallest absolute Gasteiger partial charge is 0.274 e. The number of hydrogen-bond acceptors (Lipinski definition) is 5. The van der Waals surface area contributed by atoms with Gasteiger partial charge >= 0.3 is 0 Å². The van der Waals surface area contributed by atoms with Crippen molar-refractivity contribution in [2.75, 3.05) is 11.9 Å². The minimum absolute atomic E-state index is 0.0260. The summed E-state index contributed by atoms with van der Waals surface area (Å²) in [5, 5.41) is 13.6. The monoisotopic (exact) mass is 238 g/mol. The Kier molecular flexibility index (Phi) is 4.39. The van der Waals surface area contributed by atoms with Crippen LogP contribution in [0.1, 0.15) is 26.7 Å². The molecule has 6 nitrogen and oxygen atoms in total. The summed E-state index contributed by atoms with van der Waals surface area (Å²) in [6.45, 7) is 4.59. The highest BCUT2D eigenvalue weighted by Gasteiger charge is 2.20. The van der Waals surface area contributed by atoms with E-state index in [1.807, 2.05) is 13.8 Å². The molecule has 1 rings (SSSR count). The zero-order chi connectivity index (χ0) is 12.9. The van der Waals surface area contributed by atoms with Crippen molar-refractivity contribution in [2.45, 2.75) is 32.2 Å². The van der Waals surface area contributed by atoms with Crippen molar-refractivity contribution >= 4 is 11.5 Å². The molecule has 0 aliphatic carbocycles. The number of hydrogen-bond donors (Lipinski definition) is 2. The van der Waals surface area contributed by atoms with E-state index in [0.29, 0.717) is 12.4 Å². The number of nitrogens with one attached hydrogen (secondary N) is 1. The summed E-state index contributed by atoms with van der Waals surface area (Å²) >= 11 is 0. The molecule has 0 spiro atoms. The Morgan fingerprint density at radius 1 is 1.53 bits per heavy atom. The van der Waals surface area contributed by atoms with Crippen LogP contribution in [0.5, 0.6) is 0 Å². The Morgan fingerprint density at radius 2 is 2.18 bits per heavy atom. The largest absolute Gasteiger partial charge is 0.368 e. The quantitative estimate of drug-likeness (QED) is 0.583. The Morgan fingerprint density at radius 3 is 2.71 bits per heavy atom. The van der Waals surface area contributed by atoms with Crippen molar-refractivity contribution in [3.05, 3.63) is 28.4 Å². The fourth-order valence-electron chi connectivity index (χ4n) is 1.40. The van der Waals surface area contributed by atoms with Gasteiger partial charge in [0, 0.05) is 24.3 Å². The SMILES string of the molecule is CCC(N)(CC)CNc1cc([N+](=O)[O-])ccn1. The molecule has 0 saturated carbocycles. The molecule has 1 aromatic rings. The molecule has 0 fully saturated rings. The summed E-state index contributed by atoms with van der Waals surface area (Å²) in [4.78, 5) is 14.2. The van der Waals surface area contributed by atoms with E-state index in [9.17, 15) is 10.1 Å². The number of pyridine rings is 1. The van der Waals surface area contributed by atoms with Gasteiger partial charge in [0.25, 0.3) is 5.69 Å². The van der Waals surface area contributed by atoms with Crippen molar-refractivity contribution in [1.82, 2.24) is 4.98 Å². The lowest BCUT2D eigenvalue weighted by molar-refractivity contribution is -0.384. The van der Waals surface area contributed by atoms with Crippen LogP contribution in [0.15, 0.2) is 18.3 Å². The fourth-order valence-corrected chi connectivity index (χ4v) is 1.40. The van der Waals surface area contributed by atoms with E-state index in [1.54, 1.807) is 0 Å². The lowest BCUT2D eigenvalue weighted by atomic mass is 9.94. The minimum Gasteiger partial charge on any atom is -0.368 e. The first-order valence-corrected chi connectivity index (χ1v) is 5.64. The van der Waals surface area contributed by atoms with Gasteiger partial charge in [0.1, 0.15) is 5.82 Å². The molecule has 17 heavy (non-hydrogen) atoms. The number of anilines is 1. The topological polar surface area (TPSA) is 94.1 Å². The molecule has 0 radical (unpaired) electrons. The summed E-state index contributed by atoms with van der Waals surface area (Å²) in [5.74, 6) is 0.482. The first-order chi connectivity index (χ1) is 8.00. The van der Waals surface area contributed by atoms with Crippen LogP contribution in [-0.4, -0.2) is 22.0 Å². The molecule has 0 aromatic carbocycles. The van der Waals surface area contributed by atoms with Crippen LogP contribution >= 0.6 is 0 Å². The summed E-state index contributed by atoms with van der Waals surface area (Å²) < 4.78 is 0. The highest BCUT2D eigenvalue weighted by Crippen LogP contribution is 2.16. The molecule has 0 amide bonds. The standard InChI is InChI=1S/C11H18N4O2/c1-3-11(12,4-2)8-14-10-7-9(15(16)17)5-6-13-10/h5-7H,3-4,8,12H2,1-2H3,(H,13,14). The van der Waals surface area contributed by atoms with Gasteiger partial charge in [-0.15, -0.1) is 0 Å². The lowest BCUT2D eigenvalue weighted by Gasteiger charge is -2.26. The molecule has 6 heteroatoms. The van der Waals surface area contributed by atoms with E-state index in [0.717, 1.165) is 12.8 Å². The molecule has 0 aliphatic rings. The van der Waals surface area contributed by atoms with E-state index in [1.165, 1.54) is 18.3 Å². The van der Waals surface area contributed by atoms with Crippen molar-refractivity contribution in [3.8, 4) is 0 Å². The number of aromatic nitrogens is 1. The molecule has 0 aliphatic heterocycles. The Hall–Kier alpha value is -1.69. The highest BCUT2D eigenvalue weighted by atomic mass is 16.6. The Bertz CT molecular complexity index is 391. The summed E-state index contributed by atoms with van der Waals surface area (Å²) in [6.07, 6.45) is 3.09. The van der Waals surface area contributed by atoms with Crippen molar-refractivity contribution in [1.29, 1.82) is 0 Å². The molecule has 1 aromatic heterocycles. The molecular weight excluding hydrogens is 220 g/mol. The van der Waals surface area contributed by atoms with Crippen LogP contribution in [0.2, 0.25) is 0 Å². The molecule has 0 unspecified atom stereocenters. The van der Waals surface area contributed by atoms with Crippen LogP contribution in [0.3, 0.4) is 0 Å². The maximum atomic E-state index is 10.6. The molecule has 0 atom stereocenters. The number of nitrogens with zero attached hydrogens (tertiary/aromatic N) is 2. The van der Waals surface area contributed by atoms with Gasteiger partial charge in [-0.2, -0.15) is 0 Å². The van der Waals surface area contributed by atoms with Gasteiger partial charge in [0.05, 0.1) is 11.0 Å². The zero-order valence-electron chi connectivity index (χ0n) is 10.1. The maximum Gasteiger partial charge on any atom is 0.274 e. The van der Waals surface area contributed by atoms with Crippen LogP contribution < -0.4 is 11.1 Å². The third kappa shape index (κ3) is 3.67. The molecule has 94 valence electrons. The van der Waals surface area contributed by atoms with E-state index in [4.69, 9.17) is 5.73 Å². The van der Waals surface area contributed by atoms with Crippen molar-refractivity contribution in [2.24, 2.45) is 5.73 Å². The van der Waals surface area contributed by atoms with Crippen LogP contribution in [0.4, 0.5) is 11.5 Å². The van der Waals surface area contributed by atoms with Gasteiger partial charge in [0.2, 0.25) is 0 Å². The van der Waals surface area contributed by atoms with Gasteiger partial charge < -0.3 is 11.1 Å². The van der Waals surface area contributed by atoms with Crippen LogP contribution in [0, 0.1) is 10.1 Å². The minimum atomic E-state index is -0.442. The van der Waals surface area contributed by atoms with Crippen molar-refractivity contribution < 1.29 is 4.92 Å². The number of rotatable bonds is 6. The zero-order valence-corrected chi connectivity index (χ0v) is 10.1. The fraction of sp³-hybridized carbons (Fsp3) is 0.545. The molecule has 0 saturated heterocycles. The van der Waals surface area contributed by atoms with Gasteiger partial charge in [-0.25, -0.2) is 4.98 Å². The molecule has 3 N–H and O–H groups in total. The second-order valence-corrected chi connectivity index (χ2v) is 4.08. The van der Waals surface area contributed by atoms with Gasteiger partial charge in [0.15, 0.2) is 0 Å². The number of nitro groups is 1. The van der Waals surface area contributed by atoms with Crippen LogP contribution in [0.25, 0.3) is 0 Å². The molecular formula is C11H18N4O2. The predicted octanol–water partition coefficient (Wildman–Crippen LogP) is 1.92. The highest BCUT2D eigenvalue weighted by molar-refractivity contribution is 5.44. The number of nitrogens with two attached hydrogens (primary N) is 1. The first kappa shape index (κ1) is 13.4. The Labute approximate surface area is 100 Å². The average Bonchev–Trinajstić information content (AvgIpc) is 2.36.